The number of benzene rings is 2. The van der Waals surface area contributed by atoms with E-state index in [1.807, 2.05) is 6.07 Å². The summed E-state index contributed by atoms with van der Waals surface area (Å²) in [6.45, 7) is 14.8. The average molecular weight is 410 g/mol. The molecule has 1 atom stereocenters. The van der Waals surface area contributed by atoms with Crippen molar-refractivity contribution in [2.45, 2.75) is 46.3 Å². The fraction of sp³-hybridized carbons (Fsp3) is 0.520. The smallest absolute Gasteiger partial charge is 0.127 e. The summed E-state index contributed by atoms with van der Waals surface area (Å²) in [6.07, 6.45) is 0.934. The van der Waals surface area contributed by atoms with Crippen LogP contribution in [0.5, 0.6) is 11.5 Å². The van der Waals surface area contributed by atoms with E-state index in [-0.39, 0.29) is 5.60 Å². The van der Waals surface area contributed by atoms with E-state index in [2.05, 4.69) is 55.7 Å². The minimum Gasteiger partial charge on any atom is -0.497 e. The lowest BCUT2D eigenvalue weighted by Gasteiger charge is -2.38. The largest absolute Gasteiger partial charge is 0.497 e. The van der Waals surface area contributed by atoms with Gasteiger partial charge in [0.1, 0.15) is 17.1 Å². The van der Waals surface area contributed by atoms with Crippen molar-refractivity contribution < 1.29 is 9.47 Å². The Morgan fingerprint density at radius 2 is 1.73 bits per heavy atom. The fourth-order valence-corrected chi connectivity index (χ4v) is 4.92. The van der Waals surface area contributed by atoms with Gasteiger partial charge in [0.05, 0.1) is 7.11 Å². The monoisotopic (exact) mass is 409 g/mol. The lowest BCUT2D eigenvalue weighted by atomic mass is 9.91. The highest BCUT2D eigenvalue weighted by atomic mass is 16.5. The first-order valence-corrected chi connectivity index (χ1v) is 10.9. The highest BCUT2D eigenvalue weighted by Crippen LogP contribution is 2.43. The average Bonchev–Trinajstić information content (AvgIpc) is 3.10. The molecule has 0 bridgehead atoms. The molecule has 0 aromatic heterocycles. The van der Waals surface area contributed by atoms with E-state index in [1.165, 1.54) is 22.3 Å². The van der Waals surface area contributed by atoms with E-state index < -0.39 is 0 Å². The Hall–Kier alpha value is -2.24. The van der Waals surface area contributed by atoms with Gasteiger partial charge < -0.3 is 15.2 Å². The number of ether oxygens (including phenoxy) is 2. The van der Waals surface area contributed by atoms with Gasteiger partial charge in [-0.15, -0.1) is 0 Å². The molecule has 0 aliphatic carbocycles. The van der Waals surface area contributed by atoms with Crippen molar-refractivity contribution in [3.8, 4) is 11.5 Å². The van der Waals surface area contributed by atoms with E-state index in [0.29, 0.717) is 0 Å². The molecule has 2 aliphatic heterocycles. The number of rotatable bonds is 5. The molecule has 2 aliphatic rings. The van der Waals surface area contributed by atoms with Gasteiger partial charge >= 0.3 is 0 Å². The minimum absolute atomic E-state index is 0.187. The first-order chi connectivity index (χ1) is 14.3. The molecule has 1 saturated heterocycles. The maximum atomic E-state index is 6.57. The lowest BCUT2D eigenvalue weighted by Crippen LogP contribution is -2.52. The Balaban J connectivity index is 1.36. The van der Waals surface area contributed by atoms with E-state index >= 15 is 0 Å². The van der Waals surface area contributed by atoms with Gasteiger partial charge in [-0.1, -0.05) is 12.1 Å². The number of hydrogen-bond donors (Lipinski definition) is 1. The van der Waals surface area contributed by atoms with Gasteiger partial charge in [-0.2, -0.15) is 0 Å². The van der Waals surface area contributed by atoms with Crippen LogP contribution in [0.1, 0.15) is 34.7 Å². The van der Waals surface area contributed by atoms with Crippen molar-refractivity contribution in [2.24, 2.45) is 0 Å². The quantitative estimate of drug-likeness (QED) is 0.763. The molecule has 0 saturated carbocycles. The highest BCUT2D eigenvalue weighted by molar-refractivity contribution is 5.66. The van der Waals surface area contributed by atoms with Crippen LogP contribution < -0.4 is 15.2 Å². The third-order valence-electron chi connectivity index (χ3n) is 6.90. The van der Waals surface area contributed by atoms with Crippen molar-refractivity contribution in [1.82, 2.24) is 9.80 Å². The van der Waals surface area contributed by atoms with Gasteiger partial charge in [-0.05, 0) is 62.1 Å². The zero-order valence-corrected chi connectivity index (χ0v) is 19.0. The van der Waals surface area contributed by atoms with Crippen molar-refractivity contribution in [2.75, 3.05) is 45.6 Å². The normalized spacial score (nSPS) is 22.0. The Labute approximate surface area is 180 Å². The van der Waals surface area contributed by atoms with Crippen LogP contribution in [0.4, 0.5) is 5.69 Å². The molecule has 2 aromatic rings. The Morgan fingerprint density at radius 3 is 2.43 bits per heavy atom. The third kappa shape index (κ3) is 4.01. The summed E-state index contributed by atoms with van der Waals surface area (Å²) in [5, 5.41) is 0. The number of nitrogen functional groups attached to an aromatic ring is 1. The molecule has 5 nitrogen and oxygen atoms in total. The van der Waals surface area contributed by atoms with Crippen LogP contribution in [0, 0.1) is 20.8 Å². The summed E-state index contributed by atoms with van der Waals surface area (Å²) in [5.74, 6) is 2.00. The summed E-state index contributed by atoms with van der Waals surface area (Å²) in [7, 11) is 1.72. The van der Waals surface area contributed by atoms with E-state index in [4.69, 9.17) is 15.2 Å². The molecule has 5 heteroatoms. The Bertz CT molecular complexity index is 895. The summed E-state index contributed by atoms with van der Waals surface area (Å²) < 4.78 is 11.9. The number of methoxy groups -OCH3 is 1. The lowest BCUT2D eigenvalue weighted by molar-refractivity contribution is 0.0364. The first-order valence-electron chi connectivity index (χ1n) is 10.9. The van der Waals surface area contributed by atoms with Crippen molar-refractivity contribution in [3.63, 3.8) is 0 Å². The number of fused-ring (bicyclic) bond motifs is 1. The van der Waals surface area contributed by atoms with Crippen LogP contribution in [0.2, 0.25) is 0 Å². The number of anilines is 1. The summed E-state index contributed by atoms with van der Waals surface area (Å²) in [5.41, 5.74) is 13.2. The summed E-state index contributed by atoms with van der Waals surface area (Å²) >= 11 is 0. The SMILES string of the molecule is COc1cccc(CN2CCN(CC3(C)Cc4c(C)c(N)c(C)c(C)c4O3)CC2)c1. The van der Waals surface area contributed by atoms with E-state index in [0.717, 1.165) is 68.4 Å². The van der Waals surface area contributed by atoms with Crippen LogP contribution in [-0.4, -0.2) is 55.2 Å². The molecule has 1 unspecified atom stereocenters. The van der Waals surface area contributed by atoms with Crippen LogP contribution in [-0.2, 0) is 13.0 Å². The maximum absolute atomic E-state index is 6.57. The van der Waals surface area contributed by atoms with Crippen LogP contribution in [0.15, 0.2) is 24.3 Å². The van der Waals surface area contributed by atoms with Crippen LogP contribution in [0.25, 0.3) is 0 Å². The van der Waals surface area contributed by atoms with Gasteiger partial charge in [0.25, 0.3) is 0 Å². The van der Waals surface area contributed by atoms with E-state index in [9.17, 15) is 0 Å². The highest BCUT2D eigenvalue weighted by Gasteiger charge is 2.39. The van der Waals surface area contributed by atoms with Gasteiger partial charge in [-0.3, -0.25) is 9.80 Å². The fourth-order valence-electron chi connectivity index (χ4n) is 4.92. The second-order valence-corrected chi connectivity index (χ2v) is 9.23. The summed E-state index contributed by atoms with van der Waals surface area (Å²) in [4.78, 5) is 5.07. The third-order valence-corrected chi connectivity index (χ3v) is 6.90. The molecule has 2 N–H and O–H groups in total. The van der Waals surface area contributed by atoms with Crippen molar-refractivity contribution >= 4 is 5.69 Å². The topological polar surface area (TPSA) is 51.0 Å². The molecule has 2 heterocycles. The van der Waals surface area contributed by atoms with Crippen molar-refractivity contribution in [1.29, 1.82) is 0 Å². The number of hydrogen-bond acceptors (Lipinski definition) is 5. The molecular weight excluding hydrogens is 374 g/mol. The van der Waals surface area contributed by atoms with Gasteiger partial charge in [0.2, 0.25) is 0 Å². The standard InChI is InChI=1S/C25H35N3O2/c1-17-18(2)24-22(19(3)23(17)26)14-25(4,30-24)16-28-11-9-27(10-12-28)15-20-7-6-8-21(13-20)29-5/h6-8,13H,9-12,14-16,26H2,1-5H3. The zero-order valence-electron chi connectivity index (χ0n) is 19.0. The molecule has 1 fully saturated rings. The van der Waals surface area contributed by atoms with Crippen LogP contribution >= 0.6 is 0 Å². The second kappa shape index (κ2) is 8.12. The maximum Gasteiger partial charge on any atom is 0.127 e. The molecule has 0 radical (unpaired) electrons. The van der Waals surface area contributed by atoms with Gasteiger partial charge in [0.15, 0.2) is 0 Å². The van der Waals surface area contributed by atoms with Crippen molar-refractivity contribution in [3.05, 3.63) is 52.1 Å². The molecule has 4 rings (SSSR count). The second-order valence-electron chi connectivity index (χ2n) is 9.23. The minimum atomic E-state index is -0.187. The predicted molar refractivity (Wildman–Crippen MR) is 123 cm³/mol. The Kier molecular flexibility index (Phi) is 5.69. The number of nitrogens with zero attached hydrogens (tertiary/aromatic N) is 2. The molecule has 2 aromatic carbocycles. The van der Waals surface area contributed by atoms with Crippen LogP contribution in [0.3, 0.4) is 0 Å². The summed E-state index contributed by atoms with van der Waals surface area (Å²) in [6, 6.07) is 8.38. The molecule has 0 spiro atoms. The number of piperazine rings is 1. The molecule has 0 amide bonds. The Morgan fingerprint density at radius 1 is 1.03 bits per heavy atom. The van der Waals surface area contributed by atoms with E-state index in [1.54, 1.807) is 7.11 Å². The molecule has 162 valence electrons. The molecular formula is C25H35N3O2. The van der Waals surface area contributed by atoms with Gasteiger partial charge in [-0.25, -0.2) is 0 Å². The predicted octanol–water partition coefficient (Wildman–Crippen LogP) is 3.71. The van der Waals surface area contributed by atoms with Gasteiger partial charge in [0, 0.05) is 56.9 Å². The zero-order chi connectivity index (χ0) is 21.5. The number of nitrogens with two attached hydrogens (primary N) is 1. The molecule has 30 heavy (non-hydrogen) atoms. The first kappa shape index (κ1) is 21.0.